The molecule has 3 N–H and O–H groups in total. The molecule has 4 aromatic rings. The van der Waals surface area contributed by atoms with Crippen molar-refractivity contribution in [2.75, 3.05) is 5.73 Å². The van der Waals surface area contributed by atoms with E-state index in [0.29, 0.717) is 23.3 Å². The molecular formula is C23H26N6O. The number of nitrogen functional groups attached to an aromatic ring is 1. The molecule has 7 nitrogen and oxygen atoms in total. The third-order valence-electron chi connectivity index (χ3n) is 5.15. The van der Waals surface area contributed by atoms with E-state index in [1.807, 2.05) is 42.8 Å². The van der Waals surface area contributed by atoms with Gasteiger partial charge in [0.15, 0.2) is 5.82 Å². The zero-order chi connectivity index (χ0) is 21.3. The number of amides is 1. The zero-order valence-corrected chi connectivity index (χ0v) is 17.5. The van der Waals surface area contributed by atoms with E-state index in [-0.39, 0.29) is 5.91 Å². The van der Waals surface area contributed by atoms with Crippen LogP contribution in [0.5, 0.6) is 0 Å². The van der Waals surface area contributed by atoms with Crippen molar-refractivity contribution in [1.82, 2.24) is 25.1 Å². The predicted molar refractivity (Wildman–Crippen MR) is 119 cm³/mol. The van der Waals surface area contributed by atoms with Crippen molar-refractivity contribution in [2.45, 2.75) is 45.7 Å². The first-order valence-electron chi connectivity index (χ1n) is 10.2. The van der Waals surface area contributed by atoms with Crippen LogP contribution in [0.15, 0.2) is 48.8 Å². The smallest absolute Gasteiger partial charge is 0.251 e. The molecule has 0 aliphatic rings. The molecule has 0 bridgehead atoms. The van der Waals surface area contributed by atoms with Gasteiger partial charge in [-0.05, 0) is 38.5 Å². The van der Waals surface area contributed by atoms with Gasteiger partial charge in [-0.25, -0.2) is 4.98 Å². The Hall–Kier alpha value is -3.48. The fourth-order valence-corrected chi connectivity index (χ4v) is 3.85. The quantitative estimate of drug-likeness (QED) is 0.512. The number of nitrogens with one attached hydrogen (secondary N) is 1. The van der Waals surface area contributed by atoms with Crippen LogP contribution in [0, 0.1) is 0 Å². The average molecular weight is 403 g/mol. The number of nitrogens with zero attached hydrogens (tertiary/aromatic N) is 4. The Bertz CT molecular complexity index is 1210. The Morgan fingerprint density at radius 2 is 1.90 bits per heavy atom. The van der Waals surface area contributed by atoms with Crippen molar-refractivity contribution >= 4 is 33.5 Å². The maximum Gasteiger partial charge on any atom is 0.251 e. The first-order chi connectivity index (χ1) is 14.4. The van der Waals surface area contributed by atoms with Crippen LogP contribution in [0.4, 0.5) is 5.82 Å². The van der Waals surface area contributed by atoms with Crippen LogP contribution in [0.2, 0.25) is 0 Å². The number of aromatic nitrogens is 4. The molecule has 0 aliphatic heterocycles. The molecule has 1 amide bonds. The molecule has 30 heavy (non-hydrogen) atoms. The van der Waals surface area contributed by atoms with Gasteiger partial charge < -0.3 is 11.1 Å². The summed E-state index contributed by atoms with van der Waals surface area (Å²) in [6.07, 6.45) is 4.78. The van der Waals surface area contributed by atoms with Crippen LogP contribution in [0.3, 0.4) is 0 Å². The minimum atomic E-state index is -0.502. The van der Waals surface area contributed by atoms with Gasteiger partial charge in [0.1, 0.15) is 5.52 Å². The Labute approximate surface area is 175 Å². The molecule has 1 aromatic carbocycles. The topological polar surface area (TPSA) is 98.7 Å². The Kier molecular flexibility index (Phi) is 5.11. The van der Waals surface area contributed by atoms with Gasteiger partial charge >= 0.3 is 0 Å². The normalized spacial score (nSPS) is 11.8. The molecule has 0 aliphatic carbocycles. The number of aryl methyl sites for hydroxylation is 1. The lowest BCUT2D eigenvalue weighted by atomic mass is 9.94. The molecule has 0 fully saturated rings. The van der Waals surface area contributed by atoms with Gasteiger partial charge in [0.25, 0.3) is 5.91 Å². The largest absolute Gasteiger partial charge is 0.382 e. The van der Waals surface area contributed by atoms with Gasteiger partial charge in [-0.2, -0.15) is 5.10 Å². The summed E-state index contributed by atoms with van der Waals surface area (Å²) in [5.74, 6) is 0.303. The number of rotatable bonds is 6. The van der Waals surface area contributed by atoms with Crippen molar-refractivity contribution in [2.24, 2.45) is 0 Å². The van der Waals surface area contributed by atoms with Crippen molar-refractivity contribution in [1.29, 1.82) is 0 Å². The minimum Gasteiger partial charge on any atom is -0.382 e. The van der Waals surface area contributed by atoms with E-state index in [4.69, 9.17) is 10.8 Å². The van der Waals surface area contributed by atoms with Crippen molar-refractivity contribution in [3.05, 3.63) is 60.0 Å². The first-order valence-corrected chi connectivity index (χ1v) is 10.2. The fourth-order valence-electron chi connectivity index (χ4n) is 3.85. The van der Waals surface area contributed by atoms with Crippen LogP contribution in [-0.4, -0.2) is 31.2 Å². The monoisotopic (exact) mass is 402 g/mol. The maximum atomic E-state index is 12.7. The molecule has 3 aromatic heterocycles. The van der Waals surface area contributed by atoms with E-state index < -0.39 is 5.54 Å². The van der Waals surface area contributed by atoms with Gasteiger partial charge in [-0.15, -0.1) is 0 Å². The van der Waals surface area contributed by atoms with E-state index in [9.17, 15) is 4.79 Å². The van der Waals surface area contributed by atoms with E-state index in [1.54, 1.807) is 24.5 Å². The predicted octanol–water partition coefficient (Wildman–Crippen LogP) is 3.72. The van der Waals surface area contributed by atoms with Crippen LogP contribution in [0.25, 0.3) is 21.8 Å². The number of nitrogens with two attached hydrogens (primary N) is 1. The molecule has 3 heterocycles. The molecule has 7 heteroatoms. The summed E-state index contributed by atoms with van der Waals surface area (Å²) >= 11 is 0. The van der Waals surface area contributed by atoms with Gasteiger partial charge in [-0.1, -0.05) is 25.1 Å². The number of hydrogen-bond donors (Lipinski definition) is 2. The van der Waals surface area contributed by atoms with E-state index in [0.717, 1.165) is 34.9 Å². The second-order valence-corrected chi connectivity index (χ2v) is 8.16. The first kappa shape index (κ1) is 19.8. The standard InChI is InChI=1S/C23H26N6O/c1-4-13-29-18(14-23(2,3)27-22(30)15-9-11-25-12-10-15)19-16-7-5-6-8-17(16)26-21(24)20(19)28-29/h5-12H,4,13-14H2,1-3H3,(H2,24,26)(H,27,30). The van der Waals surface area contributed by atoms with Gasteiger partial charge in [0.05, 0.1) is 5.52 Å². The number of pyridine rings is 2. The minimum absolute atomic E-state index is 0.126. The number of anilines is 1. The lowest BCUT2D eigenvalue weighted by Crippen LogP contribution is -2.45. The summed E-state index contributed by atoms with van der Waals surface area (Å²) in [6, 6.07) is 11.4. The van der Waals surface area contributed by atoms with Crippen LogP contribution < -0.4 is 11.1 Å². The second-order valence-electron chi connectivity index (χ2n) is 8.16. The average Bonchev–Trinajstić information content (AvgIpc) is 3.07. The number of benzene rings is 1. The number of para-hydroxylation sites is 1. The summed E-state index contributed by atoms with van der Waals surface area (Å²) < 4.78 is 2.01. The zero-order valence-electron chi connectivity index (χ0n) is 17.5. The lowest BCUT2D eigenvalue weighted by molar-refractivity contribution is 0.0912. The highest BCUT2D eigenvalue weighted by molar-refractivity contribution is 6.09. The third-order valence-corrected chi connectivity index (χ3v) is 5.15. The molecule has 0 saturated heterocycles. The van der Waals surface area contributed by atoms with Crippen LogP contribution in [0.1, 0.15) is 43.2 Å². The summed E-state index contributed by atoms with van der Waals surface area (Å²) in [5, 5.41) is 9.97. The highest BCUT2D eigenvalue weighted by Crippen LogP contribution is 2.32. The molecule has 0 unspecified atom stereocenters. The van der Waals surface area contributed by atoms with E-state index in [2.05, 4.69) is 22.2 Å². The van der Waals surface area contributed by atoms with Gasteiger partial charge in [0, 0.05) is 52.9 Å². The number of hydrogen-bond acceptors (Lipinski definition) is 5. The lowest BCUT2D eigenvalue weighted by Gasteiger charge is -2.27. The highest BCUT2D eigenvalue weighted by Gasteiger charge is 2.27. The molecule has 154 valence electrons. The summed E-state index contributed by atoms with van der Waals surface area (Å²) in [5.41, 5.74) is 8.96. The van der Waals surface area contributed by atoms with E-state index in [1.165, 1.54) is 0 Å². The Morgan fingerprint density at radius 3 is 2.63 bits per heavy atom. The molecule has 0 atom stereocenters. The SMILES string of the molecule is CCCn1nc2c(N)nc3ccccc3c2c1CC(C)(C)NC(=O)c1ccncc1. The second kappa shape index (κ2) is 7.74. The number of fused-ring (bicyclic) bond motifs is 3. The maximum absolute atomic E-state index is 12.7. The highest BCUT2D eigenvalue weighted by atomic mass is 16.1. The van der Waals surface area contributed by atoms with Crippen molar-refractivity contribution in [3.63, 3.8) is 0 Å². The summed E-state index contributed by atoms with van der Waals surface area (Å²) in [6.45, 7) is 6.93. The number of carbonyl (C=O) groups excluding carboxylic acids is 1. The Balaban J connectivity index is 1.78. The summed E-state index contributed by atoms with van der Waals surface area (Å²) in [7, 11) is 0. The summed E-state index contributed by atoms with van der Waals surface area (Å²) in [4.78, 5) is 21.2. The molecule has 0 radical (unpaired) electrons. The molecule has 0 spiro atoms. The molecular weight excluding hydrogens is 376 g/mol. The van der Waals surface area contributed by atoms with Crippen LogP contribution >= 0.6 is 0 Å². The van der Waals surface area contributed by atoms with Crippen LogP contribution in [-0.2, 0) is 13.0 Å². The van der Waals surface area contributed by atoms with Gasteiger partial charge in [0.2, 0.25) is 0 Å². The van der Waals surface area contributed by atoms with E-state index >= 15 is 0 Å². The van der Waals surface area contributed by atoms with Gasteiger partial charge in [-0.3, -0.25) is 14.5 Å². The van der Waals surface area contributed by atoms with Crippen molar-refractivity contribution in [3.8, 4) is 0 Å². The third kappa shape index (κ3) is 3.70. The molecule has 0 saturated carbocycles. The Morgan fingerprint density at radius 1 is 1.17 bits per heavy atom. The fraction of sp³-hybridized carbons (Fsp3) is 0.304. The van der Waals surface area contributed by atoms with Crippen molar-refractivity contribution < 1.29 is 4.79 Å². The number of carbonyl (C=O) groups is 1. The molecule has 4 rings (SSSR count).